The molecule has 2 rings (SSSR count). The molecule has 1 atom stereocenters. The van der Waals surface area contributed by atoms with Crippen LogP contribution in [0, 0.1) is 6.92 Å². The van der Waals surface area contributed by atoms with Gasteiger partial charge >= 0.3 is 5.97 Å². The molecule has 0 bridgehead atoms. The molecule has 0 amide bonds. The summed E-state index contributed by atoms with van der Waals surface area (Å²) < 4.78 is 5.02. The second kappa shape index (κ2) is 4.26. The molecule has 0 saturated carbocycles. The number of aryl methyl sites for hydroxylation is 2. The Bertz CT molecular complexity index is 377. The summed E-state index contributed by atoms with van der Waals surface area (Å²) >= 11 is 0. The van der Waals surface area contributed by atoms with Gasteiger partial charge in [-0.1, -0.05) is 29.8 Å². The fourth-order valence-corrected chi connectivity index (χ4v) is 1.79. The highest BCUT2D eigenvalue weighted by Crippen LogP contribution is 2.32. The second-order valence-electron chi connectivity index (χ2n) is 4.43. The number of benzene rings is 1. The molecule has 1 aromatic rings. The predicted molar refractivity (Wildman–Crippen MR) is 60.4 cm³/mol. The van der Waals surface area contributed by atoms with E-state index in [2.05, 4.69) is 31.2 Å². The molecule has 3 heteroatoms. The molecule has 1 aliphatic heterocycles. The topological polar surface area (TPSA) is 49.8 Å². The van der Waals surface area contributed by atoms with E-state index >= 15 is 0 Å². The van der Waals surface area contributed by atoms with Crippen LogP contribution in [0.15, 0.2) is 24.3 Å². The Kier molecular flexibility index (Phi) is 2.97. The summed E-state index contributed by atoms with van der Waals surface area (Å²) in [6, 6.07) is 8.35. The van der Waals surface area contributed by atoms with Gasteiger partial charge in [-0.15, -0.1) is 0 Å². The number of rotatable bonds is 5. The number of carboxylic acid groups (broad SMARTS) is 1. The van der Waals surface area contributed by atoms with Gasteiger partial charge in [-0.2, -0.15) is 0 Å². The van der Waals surface area contributed by atoms with Crippen molar-refractivity contribution < 1.29 is 14.6 Å². The normalized spacial score (nSPS) is 23.1. The number of hydrogen-bond donors (Lipinski definition) is 1. The third-order valence-corrected chi connectivity index (χ3v) is 3.05. The number of aliphatic carboxylic acids is 1. The molecule has 1 aliphatic rings. The van der Waals surface area contributed by atoms with E-state index in [4.69, 9.17) is 9.84 Å². The van der Waals surface area contributed by atoms with Gasteiger partial charge in [-0.05, 0) is 31.7 Å². The fourth-order valence-electron chi connectivity index (χ4n) is 1.79. The van der Waals surface area contributed by atoms with E-state index < -0.39 is 11.6 Å². The third-order valence-electron chi connectivity index (χ3n) is 3.05. The summed E-state index contributed by atoms with van der Waals surface area (Å²) in [5.41, 5.74) is 1.65. The Labute approximate surface area is 95.0 Å². The van der Waals surface area contributed by atoms with Crippen molar-refractivity contribution in [3.63, 3.8) is 0 Å². The summed E-state index contributed by atoms with van der Waals surface area (Å²) in [5.74, 6) is -0.823. The molecule has 1 unspecified atom stereocenters. The number of ether oxygens (including phenoxy) is 1. The van der Waals surface area contributed by atoms with Crippen molar-refractivity contribution in [3.8, 4) is 0 Å². The van der Waals surface area contributed by atoms with E-state index in [9.17, 15) is 4.79 Å². The molecule has 1 saturated heterocycles. The van der Waals surface area contributed by atoms with Crippen LogP contribution in [-0.4, -0.2) is 23.3 Å². The molecule has 0 radical (unpaired) electrons. The van der Waals surface area contributed by atoms with Crippen LogP contribution in [-0.2, 0) is 16.0 Å². The number of carboxylic acids is 1. The third kappa shape index (κ3) is 2.42. The van der Waals surface area contributed by atoms with Crippen molar-refractivity contribution >= 4 is 5.97 Å². The van der Waals surface area contributed by atoms with E-state index in [1.807, 2.05) is 0 Å². The highest BCUT2D eigenvalue weighted by Gasteiger charge is 2.51. The summed E-state index contributed by atoms with van der Waals surface area (Å²) in [5, 5.41) is 8.91. The van der Waals surface area contributed by atoms with Gasteiger partial charge in [-0.3, -0.25) is 0 Å². The van der Waals surface area contributed by atoms with Gasteiger partial charge in [0.1, 0.15) is 0 Å². The van der Waals surface area contributed by atoms with Gasteiger partial charge in [-0.25, -0.2) is 4.79 Å². The SMILES string of the molecule is Cc1ccc(CCCC2(C(=O)O)CO2)cc1. The van der Waals surface area contributed by atoms with Crippen LogP contribution in [0.3, 0.4) is 0 Å². The van der Waals surface area contributed by atoms with E-state index in [1.54, 1.807) is 0 Å². The first kappa shape index (κ1) is 11.1. The van der Waals surface area contributed by atoms with E-state index in [-0.39, 0.29) is 0 Å². The number of hydrogen-bond acceptors (Lipinski definition) is 2. The quantitative estimate of drug-likeness (QED) is 0.774. The maximum atomic E-state index is 10.8. The molecule has 1 fully saturated rings. The van der Waals surface area contributed by atoms with Crippen LogP contribution in [0.5, 0.6) is 0 Å². The van der Waals surface area contributed by atoms with E-state index in [1.165, 1.54) is 11.1 Å². The highest BCUT2D eigenvalue weighted by atomic mass is 16.6. The van der Waals surface area contributed by atoms with Crippen LogP contribution in [0.1, 0.15) is 24.0 Å². The molecule has 3 nitrogen and oxygen atoms in total. The molecule has 0 aliphatic carbocycles. The summed E-state index contributed by atoms with van der Waals surface area (Å²) in [6.45, 7) is 2.43. The van der Waals surface area contributed by atoms with Crippen molar-refractivity contribution in [2.45, 2.75) is 31.8 Å². The minimum Gasteiger partial charge on any atom is -0.479 e. The summed E-state index contributed by atoms with van der Waals surface area (Å²) in [7, 11) is 0. The largest absolute Gasteiger partial charge is 0.479 e. The van der Waals surface area contributed by atoms with Crippen LogP contribution in [0.2, 0.25) is 0 Å². The van der Waals surface area contributed by atoms with Gasteiger partial charge in [0.05, 0.1) is 6.61 Å². The second-order valence-corrected chi connectivity index (χ2v) is 4.43. The first-order valence-electron chi connectivity index (χ1n) is 5.55. The standard InChI is InChI=1S/C13H16O3/c1-10-4-6-11(7-5-10)3-2-8-13(9-16-13)12(14)15/h4-7H,2-3,8-9H2,1H3,(H,14,15). The molecule has 1 heterocycles. The smallest absolute Gasteiger partial charge is 0.338 e. The fraction of sp³-hybridized carbons (Fsp3) is 0.462. The lowest BCUT2D eigenvalue weighted by Crippen LogP contribution is -2.23. The lowest BCUT2D eigenvalue weighted by Gasteiger charge is -2.06. The zero-order chi connectivity index (χ0) is 11.6. The zero-order valence-electron chi connectivity index (χ0n) is 9.40. The maximum absolute atomic E-state index is 10.8. The Morgan fingerprint density at radius 1 is 1.44 bits per heavy atom. The predicted octanol–water partition coefficient (Wildman–Crippen LogP) is 2.17. The number of carbonyl (C=O) groups is 1. The van der Waals surface area contributed by atoms with Gasteiger partial charge in [0.25, 0.3) is 0 Å². The molecular formula is C13H16O3. The minimum atomic E-state index is -0.856. The van der Waals surface area contributed by atoms with Crippen molar-refractivity contribution in [1.82, 2.24) is 0 Å². The first-order chi connectivity index (χ1) is 7.62. The van der Waals surface area contributed by atoms with Gasteiger partial charge < -0.3 is 9.84 Å². The molecule has 16 heavy (non-hydrogen) atoms. The zero-order valence-corrected chi connectivity index (χ0v) is 9.40. The molecule has 0 aromatic heterocycles. The van der Waals surface area contributed by atoms with Gasteiger partial charge in [0.2, 0.25) is 0 Å². The van der Waals surface area contributed by atoms with Crippen molar-refractivity contribution in [1.29, 1.82) is 0 Å². The average molecular weight is 220 g/mol. The van der Waals surface area contributed by atoms with Gasteiger partial charge in [0.15, 0.2) is 5.60 Å². The molecule has 86 valence electrons. The van der Waals surface area contributed by atoms with E-state index in [0.717, 1.165) is 12.8 Å². The lowest BCUT2D eigenvalue weighted by atomic mass is 10.00. The Balaban J connectivity index is 1.80. The molecule has 1 aromatic carbocycles. The van der Waals surface area contributed by atoms with E-state index in [0.29, 0.717) is 13.0 Å². The summed E-state index contributed by atoms with van der Waals surface area (Å²) in [4.78, 5) is 10.8. The highest BCUT2D eigenvalue weighted by molar-refractivity contribution is 5.80. The lowest BCUT2D eigenvalue weighted by molar-refractivity contribution is -0.143. The number of epoxide rings is 1. The van der Waals surface area contributed by atoms with Crippen molar-refractivity contribution in [3.05, 3.63) is 35.4 Å². The van der Waals surface area contributed by atoms with Crippen LogP contribution >= 0.6 is 0 Å². The minimum absolute atomic E-state index is 0.371. The monoisotopic (exact) mass is 220 g/mol. The molecular weight excluding hydrogens is 204 g/mol. The molecule has 0 spiro atoms. The van der Waals surface area contributed by atoms with Crippen LogP contribution in [0.4, 0.5) is 0 Å². The van der Waals surface area contributed by atoms with Crippen LogP contribution < -0.4 is 0 Å². The van der Waals surface area contributed by atoms with Crippen molar-refractivity contribution in [2.75, 3.05) is 6.61 Å². The summed E-state index contributed by atoms with van der Waals surface area (Å²) in [6.07, 6.45) is 2.38. The Hall–Kier alpha value is -1.35. The Morgan fingerprint density at radius 3 is 2.56 bits per heavy atom. The average Bonchev–Trinajstić information content (AvgIpc) is 3.02. The first-order valence-corrected chi connectivity index (χ1v) is 5.55. The van der Waals surface area contributed by atoms with Gasteiger partial charge in [0, 0.05) is 0 Å². The van der Waals surface area contributed by atoms with Crippen LogP contribution in [0.25, 0.3) is 0 Å². The Morgan fingerprint density at radius 2 is 2.06 bits per heavy atom. The molecule has 1 N–H and O–H groups in total. The maximum Gasteiger partial charge on any atom is 0.338 e. The van der Waals surface area contributed by atoms with Crippen molar-refractivity contribution in [2.24, 2.45) is 0 Å².